The van der Waals surface area contributed by atoms with Crippen molar-refractivity contribution in [2.45, 2.75) is 25.4 Å². The zero-order valence-corrected chi connectivity index (χ0v) is 13.6. The molecule has 0 saturated carbocycles. The number of nitrogens with one attached hydrogen (secondary N) is 1. The molecule has 0 radical (unpaired) electrons. The Labute approximate surface area is 134 Å². The Hall–Kier alpha value is -1.39. The molecule has 2 aromatic rings. The van der Waals surface area contributed by atoms with E-state index in [-0.39, 0.29) is 0 Å². The lowest BCUT2D eigenvalue weighted by molar-refractivity contribution is 0.413. The van der Waals surface area contributed by atoms with E-state index in [9.17, 15) is 0 Å². The van der Waals surface area contributed by atoms with Gasteiger partial charge < -0.3 is 10.2 Å². The van der Waals surface area contributed by atoms with Gasteiger partial charge in [0.25, 0.3) is 0 Å². The molecule has 21 heavy (non-hydrogen) atoms. The second-order valence-electron chi connectivity index (χ2n) is 5.46. The Kier molecular flexibility index (Phi) is 4.88. The minimum atomic E-state index is 0.605. The van der Waals surface area contributed by atoms with Crippen LogP contribution < -0.4 is 10.2 Å². The van der Waals surface area contributed by atoms with Crippen LogP contribution in [0.15, 0.2) is 53.1 Å². The summed E-state index contributed by atoms with van der Waals surface area (Å²) in [6, 6.07) is 15.3. The average Bonchev–Trinajstić information content (AvgIpc) is 2.56. The van der Waals surface area contributed by atoms with E-state index in [2.05, 4.69) is 67.5 Å². The van der Waals surface area contributed by atoms with Gasteiger partial charge >= 0.3 is 0 Å². The van der Waals surface area contributed by atoms with Crippen LogP contribution in [0.25, 0.3) is 0 Å². The van der Waals surface area contributed by atoms with Crippen LogP contribution in [-0.4, -0.2) is 24.1 Å². The molecule has 1 N–H and O–H groups in total. The largest absolute Gasteiger partial charge is 0.357 e. The number of aromatic nitrogens is 1. The quantitative estimate of drug-likeness (QED) is 0.917. The number of benzene rings is 1. The second kappa shape index (κ2) is 7.05. The molecule has 1 aromatic carbocycles. The third-order valence-electron chi connectivity index (χ3n) is 3.98. The number of anilines is 1. The normalized spacial score (nSPS) is 16.1. The highest BCUT2D eigenvalue weighted by Gasteiger charge is 2.19. The van der Waals surface area contributed by atoms with Gasteiger partial charge in [0, 0.05) is 36.3 Å². The molecule has 3 rings (SSSR count). The predicted molar refractivity (Wildman–Crippen MR) is 90.5 cm³/mol. The van der Waals surface area contributed by atoms with Gasteiger partial charge in [-0.3, -0.25) is 0 Å². The molecule has 0 atom stereocenters. The molecule has 110 valence electrons. The van der Waals surface area contributed by atoms with Crippen molar-refractivity contribution in [1.29, 1.82) is 0 Å². The number of piperidine rings is 1. The maximum Gasteiger partial charge on any atom is 0.128 e. The molecule has 4 heteroatoms. The summed E-state index contributed by atoms with van der Waals surface area (Å²) >= 11 is 3.47. The van der Waals surface area contributed by atoms with Crippen LogP contribution in [0.5, 0.6) is 0 Å². The summed E-state index contributed by atoms with van der Waals surface area (Å²) in [7, 11) is 0. The van der Waals surface area contributed by atoms with Crippen LogP contribution >= 0.6 is 15.9 Å². The number of nitrogens with zero attached hydrogens (tertiary/aromatic N) is 2. The van der Waals surface area contributed by atoms with Crippen molar-refractivity contribution < 1.29 is 0 Å². The van der Waals surface area contributed by atoms with E-state index in [0.717, 1.165) is 29.9 Å². The monoisotopic (exact) mass is 345 g/mol. The molecule has 0 bridgehead atoms. The third-order valence-corrected chi connectivity index (χ3v) is 4.51. The lowest BCUT2D eigenvalue weighted by atomic mass is 10.0. The number of hydrogen-bond donors (Lipinski definition) is 1. The van der Waals surface area contributed by atoms with Crippen molar-refractivity contribution in [3.63, 3.8) is 0 Å². The lowest BCUT2D eigenvalue weighted by Crippen LogP contribution is -2.42. The molecular formula is C17H20BrN3. The summed E-state index contributed by atoms with van der Waals surface area (Å²) in [5.41, 5.74) is 1.34. The van der Waals surface area contributed by atoms with E-state index in [4.69, 9.17) is 0 Å². The first-order valence-electron chi connectivity index (χ1n) is 7.45. The number of halogens is 1. The molecule has 0 amide bonds. The molecule has 1 aliphatic heterocycles. The number of rotatable bonds is 4. The van der Waals surface area contributed by atoms with Gasteiger partial charge in [-0.05, 0) is 42.7 Å². The molecule has 0 unspecified atom stereocenters. The molecule has 0 aliphatic carbocycles. The van der Waals surface area contributed by atoms with Crippen LogP contribution in [0, 0.1) is 0 Å². The summed E-state index contributed by atoms with van der Waals surface area (Å²) in [6.07, 6.45) is 4.22. The standard InChI is InChI=1S/C17H20BrN3/c18-15-6-4-14(5-7-15)13-20-16-8-11-21(12-9-16)17-3-1-2-10-19-17/h1-7,10,16,20H,8-9,11-13H2. The first-order chi connectivity index (χ1) is 10.3. The van der Waals surface area contributed by atoms with Crippen molar-refractivity contribution in [3.8, 4) is 0 Å². The SMILES string of the molecule is Brc1ccc(CNC2CCN(c3ccccn3)CC2)cc1. The van der Waals surface area contributed by atoms with Crippen molar-refractivity contribution in [1.82, 2.24) is 10.3 Å². The zero-order chi connectivity index (χ0) is 14.5. The van der Waals surface area contributed by atoms with Crippen LogP contribution in [0.3, 0.4) is 0 Å². The Morgan fingerprint density at radius 2 is 1.86 bits per heavy atom. The van der Waals surface area contributed by atoms with E-state index in [1.807, 2.05) is 12.3 Å². The molecule has 0 spiro atoms. The van der Waals surface area contributed by atoms with Crippen molar-refractivity contribution in [3.05, 3.63) is 58.7 Å². The summed E-state index contributed by atoms with van der Waals surface area (Å²) < 4.78 is 1.13. The molecule has 1 aromatic heterocycles. The summed E-state index contributed by atoms with van der Waals surface area (Å²) in [6.45, 7) is 3.10. The van der Waals surface area contributed by atoms with Gasteiger partial charge in [0.15, 0.2) is 0 Å². The van der Waals surface area contributed by atoms with Gasteiger partial charge in [0.2, 0.25) is 0 Å². The molecule has 2 heterocycles. The fraction of sp³-hybridized carbons (Fsp3) is 0.353. The van der Waals surface area contributed by atoms with E-state index >= 15 is 0 Å². The summed E-state index contributed by atoms with van der Waals surface area (Å²) in [5, 5.41) is 3.67. The summed E-state index contributed by atoms with van der Waals surface area (Å²) in [5.74, 6) is 1.10. The molecule has 1 fully saturated rings. The van der Waals surface area contributed by atoms with Gasteiger partial charge in [-0.1, -0.05) is 34.1 Å². The average molecular weight is 346 g/mol. The Bertz CT molecular complexity index is 548. The predicted octanol–water partition coefficient (Wildman–Crippen LogP) is 3.60. The van der Waals surface area contributed by atoms with Crippen LogP contribution in [0.1, 0.15) is 18.4 Å². The number of pyridine rings is 1. The fourth-order valence-electron chi connectivity index (χ4n) is 2.72. The Morgan fingerprint density at radius 1 is 1.10 bits per heavy atom. The maximum absolute atomic E-state index is 4.43. The van der Waals surface area contributed by atoms with Crippen molar-refractivity contribution in [2.24, 2.45) is 0 Å². The van der Waals surface area contributed by atoms with Gasteiger partial charge in [-0.25, -0.2) is 4.98 Å². The second-order valence-corrected chi connectivity index (χ2v) is 6.37. The highest BCUT2D eigenvalue weighted by molar-refractivity contribution is 9.10. The maximum atomic E-state index is 4.43. The van der Waals surface area contributed by atoms with Crippen LogP contribution in [-0.2, 0) is 6.54 Å². The van der Waals surface area contributed by atoms with Gasteiger partial charge in [-0.15, -0.1) is 0 Å². The van der Waals surface area contributed by atoms with E-state index in [1.54, 1.807) is 0 Å². The topological polar surface area (TPSA) is 28.2 Å². The zero-order valence-electron chi connectivity index (χ0n) is 12.0. The Morgan fingerprint density at radius 3 is 2.52 bits per heavy atom. The van der Waals surface area contributed by atoms with Crippen molar-refractivity contribution >= 4 is 21.7 Å². The molecule has 1 saturated heterocycles. The van der Waals surface area contributed by atoms with E-state index in [0.29, 0.717) is 6.04 Å². The van der Waals surface area contributed by atoms with Crippen molar-refractivity contribution in [2.75, 3.05) is 18.0 Å². The number of hydrogen-bond acceptors (Lipinski definition) is 3. The molecule has 1 aliphatic rings. The minimum Gasteiger partial charge on any atom is -0.357 e. The van der Waals surface area contributed by atoms with E-state index in [1.165, 1.54) is 18.4 Å². The van der Waals surface area contributed by atoms with Gasteiger partial charge in [0.05, 0.1) is 0 Å². The minimum absolute atomic E-state index is 0.605. The van der Waals surface area contributed by atoms with Crippen LogP contribution in [0.4, 0.5) is 5.82 Å². The molecule has 3 nitrogen and oxygen atoms in total. The van der Waals surface area contributed by atoms with Gasteiger partial charge in [0.1, 0.15) is 5.82 Å². The van der Waals surface area contributed by atoms with E-state index < -0.39 is 0 Å². The first kappa shape index (κ1) is 14.5. The van der Waals surface area contributed by atoms with Gasteiger partial charge in [-0.2, -0.15) is 0 Å². The highest BCUT2D eigenvalue weighted by atomic mass is 79.9. The first-order valence-corrected chi connectivity index (χ1v) is 8.24. The Balaban J connectivity index is 1.47. The lowest BCUT2D eigenvalue weighted by Gasteiger charge is -2.33. The molecular weight excluding hydrogens is 326 g/mol. The van der Waals surface area contributed by atoms with Crippen LogP contribution in [0.2, 0.25) is 0 Å². The highest BCUT2D eigenvalue weighted by Crippen LogP contribution is 2.18. The fourth-order valence-corrected chi connectivity index (χ4v) is 2.98. The smallest absolute Gasteiger partial charge is 0.128 e. The summed E-state index contributed by atoms with van der Waals surface area (Å²) in [4.78, 5) is 6.80. The third kappa shape index (κ3) is 4.05.